The lowest BCUT2D eigenvalue weighted by molar-refractivity contribution is -0.163. The van der Waals surface area contributed by atoms with E-state index in [0.717, 1.165) is 23.3 Å². The first-order valence-electron chi connectivity index (χ1n) is 9.75. The van der Waals surface area contributed by atoms with Crippen LogP contribution >= 0.6 is 23.3 Å². The summed E-state index contributed by atoms with van der Waals surface area (Å²) in [4.78, 5) is 48.2. The molecule has 1 aromatic heterocycles. The number of fused-ring (bicyclic) bond motifs is 1. The lowest BCUT2D eigenvalue weighted by atomic mass is 9.79. The molecule has 0 aliphatic carbocycles. The molecule has 1 saturated heterocycles. The van der Waals surface area contributed by atoms with Crippen molar-refractivity contribution in [1.29, 1.82) is 0 Å². The number of aliphatic hydroxyl groups is 1. The summed E-state index contributed by atoms with van der Waals surface area (Å²) < 4.78 is 4.51. The quantitative estimate of drug-likeness (QED) is 0.234. The fourth-order valence-electron chi connectivity index (χ4n) is 3.64. The van der Waals surface area contributed by atoms with Crippen LogP contribution in [0.1, 0.15) is 20.8 Å². The molecule has 0 radical (unpaired) electrons. The largest absolute Gasteiger partial charge is 0.477 e. The second kappa shape index (κ2) is 9.03. The SMILES string of the molecule is CC(N=C(N)N(C)C)C(=O)Nc1nsc(SC2=C(C(=O)O)N3C(=O)[C@H]([C@@H](C)O)[C@H]3[C@H]2C)n1. The maximum absolute atomic E-state index is 12.4. The van der Waals surface area contributed by atoms with E-state index in [1.807, 2.05) is 6.92 Å². The van der Waals surface area contributed by atoms with Crippen molar-refractivity contribution in [2.75, 3.05) is 19.4 Å². The second-order valence-electron chi connectivity index (χ2n) is 7.80. The third-order valence-electron chi connectivity index (χ3n) is 5.31. The number of aliphatic imine (C=N–C) groups is 1. The number of aliphatic hydroxyl groups excluding tert-OH is 1. The Hall–Kier alpha value is -2.71. The van der Waals surface area contributed by atoms with Gasteiger partial charge >= 0.3 is 5.97 Å². The Morgan fingerprint density at radius 1 is 1.38 bits per heavy atom. The highest BCUT2D eigenvalue weighted by molar-refractivity contribution is 8.04. The molecule has 174 valence electrons. The molecule has 0 bridgehead atoms. The van der Waals surface area contributed by atoms with Gasteiger partial charge in [0.1, 0.15) is 11.7 Å². The van der Waals surface area contributed by atoms with E-state index in [-0.39, 0.29) is 23.5 Å². The summed E-state index contributed by atoms with van der Waals surface area (Å²) in [6, 6.07) is -1.18. The minimum atomic E-state index is -1.22. The number of nitrogens with one attached hydrogen (secondary N) is 1. The molecule has 5 N–H and O–H groups in total. The summed E-state index contributed by atoms with van der Waals surface area (Å²) in [5, 5.41) is 22.2. The van der Waals surface area contributed by atoms with Gasteiger partial charge in [-0.1, -0.05) is 18.7 Å². The van der Waals surface area contributed by atoms with Crippen LogP contribution in [0.3, 0.4) is 0 Å². The molecule has 3 rings (SSSR count). The van der Waals surface area contributed by atoms with E-state index in [9.17, 15) is 24.6 Å². The number of aliphatic carboxylic acids is 1. The summed E-state index contributed by atoms with van der Waals surface area (Å²) in [6.07, 6.45) is -0.875. The van der Waals surface area contributed by atoms with Gasteiger partial charge in [-0.2, -0.15) is 9.36 Å². The van der Waals surface area contributed by atoms with Gasteiger partial charge < -0.3 is 25.7 Å². The van der Waals surface area contributed by atoms with Gasteiger partial charge in [-0.3, -0.25) is 14.9 Å². The van der Waals surface area contributed by atoms with Crippen LogP contribution in [0.5, 0.6) is 0 Å². The van der Waals surface area contributed by atoms with E-state index >= 15 is 0 Å². The number of carbonyl (C=O) groups excluding carboxylic acids is 2. The van der Waals surface area contributed by atoms with Gasteiger partial charge in [0.2, 0.25) is 11.9 Å². The highest BCUT2D eigenvalue weighted by atomic mass is 32.2. The molecule has 14 heteroatoms. The third-order valence-corrected chi connectivity index (χ3v) is 7.35. The van der Waals surface area contributed by atoms with Crippen LogP contribution in [-0.4, -0.2) is 85.4 Å². The molecule has 2 amide bonds. The van der Waals surface area contributed by atoms with Crippen molar-refractivity contribution in [2.24, 2.45) is 22.6 Å². The van der Waals surface area contributed by atoms with E-state index in [2.05, 4.69) is 19.7 Å². The number of carboxylic acids is 1. The number of anilines is 1. The van der Waals surface area contributed by atoms with Crippen molar-refractivity contribution in [3.8, 4) is 0 Å². The Morgan fingerprint density at radius 2 is 2.03 bits per heavy atom. The van der Waals surface area contributed by atoms with Gasteiger partial charge in [-0.05, 0) is 25.4 Å². The fourth-order valence-corrected chi connectivity index (χ4v) is 5.48. The Bertz CT molecular complexity index is 1010. The molecule has 1 unspecified atom stereocenters. The maximum Gasteiger partial charge on any atom is 0.353 e. The lowest BCUT2D eigenvalue weighted by Crippen LogP contribution is -2.63. The van der Waals surface area contributed by atoms with Crippen LogP contribution in [0, 0.1) is 11.8 Å². The Labute approximate surface area is 192 Å². The molecule has 3 heterocycles. The molecule has 0 saturated carbocycles. The average Bonchev–Trinajstić information content (AvgIpc) is 3.22. The number of guanidine groups is 1. The molecule has 5 atom stereocenters. The normalized spacial score (nSPS) is 24.7. The molecular weight excluding hydrogens is 458 g/mol. The van der Waals surface area contributed by atoms with Gasteiger partial charge in [0.15, 0.2) is 10.3 Å². The molecule has 0 aromatic carbocycles. The molecule has 12 nitrogen and oxygen atoms in total. The van der Waals surface area contributed by atoms with Crippen LogP contribution in [0.2, 0.25) is 0 Å². The van der Waals surface area contributed by atoms with Crippen molar-refractivity contribution >= 4 is 53.0 Å². The van der Waals surface area contributed by atoms with Gasteiger partial charge in [-0.25, -0.2) is 9.79 Å². The second-order valence-corrected chi connectivity index (χ2v) is 9.85. The first-order valence-corrected chi connectivity index (χ1v) is 11.3. The van der Waals surface area contributed by atoms with Crippen molar-refractivity contribution in [2.45, 2.75) is 43.3 Å². The molecule has 1 fully saturated rings. The van der Waals surface area contributed by atoms with E-state index in [0.29, 0.717) is 9.24 Å². The number of rotatable bonds is 7. The van der Waals surface area contributed by atoms with Crippen LogP contribution in [0.25, 0.3) is 0 Å². The van der Waals surface area contributed by atoms with E-state index < -0.39 is 41.9 Å². The highest BCUT2D eigenvalue weighted by Gasteiger charge is 2.60. The molecule has 32 heavy (non-hydrogen) atoms. The number of hydrogen-bond acceptors (Lipinski definition) is 9. The van der Waals surface area contributed by atoms with Gasteiger partial charge in [0, 0.05) is 24.9 Å². The monoisotopic (exact) mass is 483 g/mol. The smallest absolute Gasteiger partial charge is 0.353 e. The number of hydrogen-bond donors (Lipinski definition) is 4. The molecule has 2 aliphatic rings. The first kappa shape index (κ1) is 23.9. The summed E-state index contributed by atoms with van der Waals surface area (Å²) in [5.74, 6) is -2.74. The van der Waals surface area contributed by atoms with Crippen molar-refractivity contribution < 1.29 is 24.6 Å². The van der Waals surface area contributed by atoms with E-state index in [4.69, 9.17) is 5.73 Å². The van der Waals surface area contributed by atoms with Crippen molar-refractivity contribution in [1.82, 2.24) is 19.2 Å². The number of nitrogens with zero attached hydrogens (tertiary/aromatic N) is 5. The Kier molecular flexibility index (Phi) is 6.76. The summed E-state index contributed by atoms with van der Waals surface area (Å²) in [6.45, 7) is 4.92. The molecule has 0 spiro atoms. The molecular formula is C18H25N7O5S2. The first-order chi connectivity index (χ1) is 14.9. The van der Waals surface area contributed by atoms with Crippen LogP contribution in [-0.2, 0) is 14.4 Å². The zero-order valence-corrected chi connectivity index (χ0v) is 19.8. The number of nitrogens with two attached hydrogens (primary N) is 1. The lowest BCUT2D eigenvalue weighted by Gasteiger charge is -2.46. The van der Waals surface area contributed by atoms with Gasteiger partial charge in [-0.15, -0.1) is 0 Å². The number of carboxylic acid groups (broad SMARTS) is 1. The predicted octanol–water partition coefficient (Wildman–Crippen LogP) is -0.0128. The summed E-state index contributed by atoms with van der Waals surface area (Å²) in [5.41, 5.74) is 5.63. The molecule has 1 aromatic rings. The number of amides is 2. The van der Waals surface area contributed by atoms with Crippen LogP contribution in [0.4, 0.5) is 5.95 Å². The highest BCUT2D eigenvalue weighted by Crippen LogP contribution is 2.52. The zero-order chi connectivity index (χ0) is 23.9. The number of β-lactam (4-membered cyclic amide) rings is 1. The average molecular weight is 484 g/mol. The Balaban J connectivity index is 1.75. The topological polar surface area (TPSA) is 174 Å². The third kappa shape index (κ3) is 4.29. The number of aromatic nitrogens is 2. The Morgan fingerprint density at radius 3 is 2.59 bits per heavy atom. The van der Waals surface area contributed by atoms with Crippen molar-refractivity contribution in [3.05, 3.63) is 10.6 Å². The van der Waals surface area contributed by atoms with Crippen molar-refractivity contribution in [3.63, 3.8) is 0 Å². The van der Waals surface area contributed by atoms with Crippen LogP contribution in [0.15, 0.2) is 19.9 Å². The summed E-state index contributed by atoms with van der Waals surface area (Å²) in [7, 11) is 3.41. The zero-order valence-electron chi connectivity index (χ0n) is 18.1. The van der Waals surface area contributed by atoms with Gasteiger partial charge in [0.25, 0.3) is 5.91 Å². The predicted molar refractivity (Wildman–Crippen MR) is 119 cm³/mol. The molecule has 2 aliphatic heterocycles. The minimum absolute atomic E-state index is 0.0670. The number of carbonyl (C=O) groups is 3. The van der Waals surface area contributed by atoms with E-state index in [1.54, 1.807) is 25.9 Å². The van der Waals surface area contributed by atoms with Gasteiger partial charge in [0.05, 0.1) is 18.1 Å². The fraction of sp³-hybridized carbons (Fsp3) is 0.556. The van der Waals surface area contributed by atoms with E-state index in [1.165, 1.54) is 11.8 Å². The summed E-state index contributed by atoms with van der Waals surface area (Å²) >= 11 is 2.09. The minimum Gasteiger partial charge on any atom is -0.477 e. The number of thioether (sulfide) groups is 1. The standard InChI is InChI=1S/C18H25N7O5S2/c1-6-10-9(8(3)26)14(28)25(10)11(15(29)30)12(6)31-18-22-17(23-32-18)21-13(27)7(2)20-16(19)24(4)5/h6-10,26H,1-5H3,(H2,19,20)(H,29,30)(H,21,23,27)/t6-,7?,8-,9-,10-/m1/s1. The maximum atomic E-state index is 12.4. The van der Waals surface area contributed by atoms with Crippen LogP contribution < -0.4 is 11.1 Å².